The Morgan fingerprint density at radius 2 is 1.87 bits per heavy atom. The van der Waals surface area contributed by atoms with E-state index in [1.54, 1.807) is 24.3 Å². The molecule has 0 aliphatic carbocycles. The van der Waals surface area contributed by atoms with Crippen molar-refractivity contribution in [1.29, 1.82) is 0 Å². The first-order chi connectivity index (χ1) is 14.3. The van der Waals surface area contributed by atoms with E-state index in [-0.39, 0.29) is 24.1 Å². The van der Waals surface area contributed by atoms with E-state index in [1.165, 1.54) is 11.8 Å². The van der Waals surface area contributed by atoms with Crippen LogP contribution in [0.15, 0.2) is 46.0 Å². The van der Waals surface area contributed by atoms with Crippen molar-refractivity contribution in [3.63, 3.8) is 0 Å². The maximum Gasteiger partial charge on any atom is 0.251 e. The fourth-order valence-electron chi connectivity index (χ4n) is 2.48. The molecule has 0 atom stereocenters. The molecule has 2 aromatic carbocycles. The normalized spacial score (nSPS) is 10.7. The van der Waals surface area contributed by atoms with Gasteiger partial charge < -0.3 is 10.6 Å². The molecule has 0 saturated carbocycles. The molecule has 0 fully saturated rings. The van der Waals surface area contributed by atoms with Gasteiger partial charge in [0, 0.05) is 15.1 Å². The molecule has 2 amide bonds. The van der Waals surface area contributed by atoms with Crippen LogP contribution in [0.4, 0.5) is 5.69 Å². The highest BCUT2D eigenvalue weighted by Crippen LogP contribution is 2.26. The van der Waals surface area contributed by atoms with Gasteiger partial charge in [0.25, 0.3) is 5.91 Å². The number of carbonyl (C=O) groups is 2. The van der Waals surface area contributed by atoms with Crippen LogP contribution >= 0.6 is 39.3 Å². The lowest BCUT2D eigenvalue weighted by Crippen LogP contribution is -2.23. The number of hydrogen-bond donors (Lipinski definition) is 3. The van der Waals surface area contributed by atoms with Crippen molar-refractivity contribution >= 4 is 56.8 Å². The zero-order chi connectivity index (χ0) is 21.7. The van der Waals surface area contributed by atoms with Crippen molar-refractivity contribution in [2.24, 2.45) is 0 Å². The Balaban J connectivity index is 1.48. The van der Waals surface area contributed by atoms with E-state index in [9.17, 15) is 9.59 Å². The van der Waals surface area contributed by atoms with Gasteiger partial charge in [-0.25, -0.2) is 4.98 Å². The van der Waals surface area contributed by atoms with E-state index >= 15 is 0 Å². The number of amides is 2. The number of rotatable bonds is 7. The van der Waals surface area contributed by atoms with Crippen LogP contribution in [0, 0.1) is 13.8 Å². The van der Waals surface area contributed by atoms with Crippen LogP contribution in [0.3, 0.4) is 0 Å². The molecule has 3 N–H and O–H groups in total. The fourth-order valence-corrected chi connectivity index (χ4v) is 3.78. The van der Waals surface area contributed by atoms with E-state index in [2.05, 4.69) is 41.7 Å². The second-order valence-electron chi connectivity index (χ2n) is 6.51. The van der Waals surface area contributed by atoms with Gasteiger partial charge in [-0.3, -0.25) is 14.7 Å². The van der Waals surface area contributed by atoms with Gasteiger partial charge in [0.15, 0.2) is 0 Å². The van der Waals surface area contributed by atoms with Crippen LogP contribution in [0.25, 0.3) is 0 Å². The Morgan fingerprint density at radius 1 is 1.17 bits per heavy atom. The number of anilines is 1. The molecule has 0 spiro atoms. The summed E-state index contributed by atoms with van der Waals surface area (Å²) in [6.07, 6.45) is 0. The number of aromatic nitrogens is 3. The number of hydrogen-bond acceptors (Lipinski definition) is 5. The molecule has 3 aromatic rings. The number of nitrogens with zero attached hydrogens (tertiary/aromatic N) is 2. The van der Waals surface area contributed by atoms with Crippen molar-refractivity contribution in [3.8, 4) is 0 Å². The van der Waals surface area contributed by atoms with E-state index < -0.39 is 0 Å². The Labute approximate surface area is 191 Å². The van der Waals surface area contributed by atoms with Gasteiger partial charge in [-0.1, -0.05) is 23.4 Å². The molecule has 10 heteroatoms. The number of H-pyrrole nitrogens is 1. The first-order valence-electron chi connectivity index (χ1n) is 8.96. The monoisotopic (exact) mass is 507 g/mol. The maximum atomic E-state index is 12.3. The van der Waals surface area contributed by atoms with Crippen molar-refractivity contribution in [3.05, 3.63) is 68.4 Å². The van der Waals surface area contributed by atoms with E-state index in [4.69, 9.17) is 11.6 Å². The maximum absolute atomic E-state index is 12.3. The standard InChI is InChI=1S/C20H19BrClN5O2S/c1-11-7-15(21)16(8-12(11)2)24-18(28)10-30-20-25-17(26-27-20)9-23-19(29)13-3-5-14(22)6-4-13/h3-8H,9-10H2,1-2H3,(H,23,29)(H,24,28)(H,25,26,27). The third-order valence-corrected chi connectivity index (χ3v) is 5.98. The minimum absolute atomic E-state index is 0.161. The SMILES string of the molecule is Cc1cc(Br)c(NC(=O)CSc2n[nH]c(CNC(=O)c3ccc(Cl)cc3)n2)cc1C. The second-order valence-corrected chi connectivity index (χ2v) is 8.74. The number of nitrogens with one attached hydrogen (secondary N) is 3. The molecule has 0 aliphatic rings. The average Bonchev–Trinajstić information content (AvgIpc) is 3.17. The van der Waals surface area contributed by atoms with Gasteiger partial charge >= 0.3 is 0 Å². The molecule has 0 aliphatic heterocycles. The number of aryl methyl sites for hydroxylation is 2. The summed E-state index contributed by atoms with van der Waals surface area (Å²) >= 11 is 10.5. The lowest BCUT2D eigenvalue weighted by Gasteiger charge is -2.09. The van der Waals surface area contributed by atoms with Gasteiger partial charge in [0.05, 0.1) is 18.0 Å². The molecule has 0 saturated heterocycles. The van der Waals surface area contributed by atoms with Crippen LogP contribution in [-0.2, 0) is 11.3 Å². The number of thioether (sulfide) groups is 1. The van der Waals surface area contributed by atoms with Crippen LogP contribution in [0.5, 0.6) is 0 Å². The molecule has 1 aromatic heterocycles. The zero-order valence-corrected chi connectivity index (χ0v) is 19.4. The highest BCUT2D eigenvalue weighted by Gasteiger charge is 2.11. The predicted octanol–water partition coefficient (Wildman–Crippen LogP) is 4.50. The molecular weight excluding hydrogens is 490 g/mol. The Hall–Kier alpha value is -2.36. The van der Waals surface area contributed by atoms with Gasteiger partial charge in [-0.05, 0) is 77.3 Å². The third kappa shape index (κ3) is 6.07. The topological polar surface area (TPSA) is 99.8 Å². The summed E-state index contributed by atoms with van der Waals surface area (Å²) < 4.78 is 0.834. The highest BCUT2D eigenvalue weighted by molar-refractivity contribution is 9.10. The fraction of sp³-hybridized carbons (Fsp3) is 0.200. The van der Waals surface area contributed by atoms with Gasteiger partial charge in [-0.2, -0.15) is 0 Å². The number of carbonyl (C=O) groups excluding carboxylic acids is 2. The summed E-state index contributed by atoms with van der Waals surface area (Å²) in [6.45, 7) is 4.20. The summed E-state index contributed by atoms with van der Waals surface area (Å²) in [6, 6.07) is 10.5. The zero-order valence-electron chi connectivity index (χ0n) is 16.3. The Kier molecular flexibility index (Phi) is 7.52. The minimum atomic E-state index is -0.240. The largest absolute Gasteiger partial charge is 0.345 e. The smallest absolute Gasteiger partial charge is 0.251 e. The van der Waals surface area contributed by atoms with Gasteiger partial charge in [0.1, 0.15) is 5.82 Å². The summed E-state index contributed by atoms with van der Waals surface area (Å²) in [5, 5.41) is 13.5. The van der Waals surface area contributed by atoms with Crippen LogP contribution in [0.1, 0.15) is 27.3 Å². The Morgan fingerprint density at radius 3 is 2.60 bits per heavy atom. The molecular formula is C20H19BrClN5O2S. The second kappa shape index (κ2) is 10.1. The van der Waals surface area contributed by atoms with Crippen molar-refractivity contribution < 1.29 is 9.59 Å². The molecule has 3 rings (SSSR count). The average molecular weight is 509 g/mol. The third-order valence-electron chi connectivity index (χ3n) is 4.22. The Bertz CT molecular complexity index is 1070. The lowest BCUT2D eigenvalue weighted by atomic mass is 10.1. The van der Waals surface area contributed by atoms with Crippen molar-refractivity contribution in [2.45, 2.75) is 25.5 Å². The van der Waals surface area contributed by atoms with Crippen LogP contribution in [-0.4, -0.2) is 32.7 Å². The van der Waals surface area contributed by atoms with E-state index in [1.807, 2.05) is 26.0 Å². The molecule has 0 unspecified atom stereocenters. The molecule has 0 radical (unpaired) electrons. The lowest BCUT2D eigenvalue weighted by molar-refractivity contribution is -0.113. The van der Waals surface area contributed by atoms with Gasteiger partial charge in [-0.15, -0.1) is 5.10 Å². The van der Waals surface area contributed by atoms with Crippen molar-refractivity contribution in [2.75, 3.05) is 11.1 Å². The molecule has 1 heterocycles. The van der Waals surface area contributed by atoms with Gasteiger partial charge in [0.2, 0.25) is 11.1 Å². The predicted molar refractivity (Wildman–Crippen MR) is 122 cm³/mol. The van der Waals surface area contributed by atoms with Crippen molar-refractivity contribution in [1.82, 2.24) is 20.5 Å². The number of halogens is 2. The summed E-state index contributed by atoms with van der Waals surface area (Å²) in [4.78, 5) is 28.7. The van der Waals surface area contributed by atoms with E-state index in [0.717, 1.165) is 21.3 Å². The van der Waals surface area contributed by atoms with Crippen LogP contribution < -0.4 is 10.6 Å². The van der Waals surface area contributed by atoms with E-state index in [0.29, 0.717) is 21.6 Å². The number of benzene rings is 2. The molecule has 7 nitrogen and oxygen atoms in total. The first kappa shape index (κ1) is 22.3. The highest BCUT2D eigenvalue weighted by atomic mass is 79.9. The summed E-state index contributed by atoms with van der Waals surface area (Å²) in [5.74, 6) is 0.257. The minimum Gasteiger partial charge on any atom is -0.345 e. The van der Waals surface area contributed by atoms with Crippen LogP contribution in [0.2, 0.25) is 5.02 Å². The molecule has 0 bridgehead atoms. The summed E-state index contributed by atoms with van der Waals surface area (Å²) in [7, 11) is 0. The quantitative estimate of drug-likeness (QED) is 0.408. The number of aromatic amines is 1. The molecule has 156 valence electrons. The first-order valence-corrected chi connectivity index (χ1v) is 11.1. The summed E-state index contributed by atoms with van der Waals surface area (Å²) in [5.41, 5.74) is 3.47. The molecule has 30 heavy (non-hydrogen) atoms.